The summed E-state index contributed by atoms with van der Waals surface area (Å²) < 4.78 is 0. The molecular weight excluding hydrogens is 358 g/mol. The summed E-state index contributed by atoms with van der Waals surface area (Å²) in [6.45, 7) is 12.3. The summed E-state index contributed by atoms with van der Waals surface area (Å²) in [7, 11) is 0. The van der Waals surface area contributed by atoms with Crippen LogP contribution < -0.4 is 14.7 Å². The molecule has 0 amide bonds. The normalized spacial score (nSPS) is 14.5. The van der Waals surface area contributed by atoms with Crippen LogP contribution >= 0.6 is 11.6 Å². The average Bonchev–Trinajstić information content (AvgIpc) is 2.67. The van der Waals surface area contributed by atoms with Crippen LogP contribution in [0, 0.1) is 6.92 Å². The molecule has 2 aromatic rings. The van der Waals surface area contributed by atoms with Crippen molar-refractivity contribution in [2.45, 2.75) is 33.6 Å². The number of hydrogen-bond acceptors (Lipinski definition) is 5. The molecule has 0 atom stereocenters. The van der Waals surface area contributed by atoms with E-state index < -0.39 is 0 Å². The van der Waals surface area contributed by atoms with Gasteiger partial charge < -0.3 is 14.7 Å². The molecule has 6 heteroatoms. The van der Waals surface area contributed by atoms with Crippen molar-refractivity contribution in [3.63, 3.8) is 0 Å². The summed E-state index contributed by atoms with van der Waals surface area (Å²) in [4.78, 5) is 16.7. The van der Waals surface area contributed by atoms with Gasteiger partial charge in [0.2, 0.25) is 5.95 Å². The van der Waals surface area contributed by atoms with Gasteiger partial charge in [0.25, 0.3) is 0 Å². The molecule has 0 unspecified atom stereocenters. The van der Waals surface area contributed by atoms with Gasteiger partial charge >= 0.3 is 0 Å². The minimum Gasteiger partial charge on any atom is -0.368 e. The Labute approximate surface area is 168 Å². The van der Waals surface area contributed by atoms with Gasteiger partial charge in [0.1, 0.15) is 5.82 Å². The van der Waals surface area contributed by atoms with Gasteiger partial charge in [-0.05, 0) is 38.0 Å². The summed E-state index contributed by atoms with van der Waals surface area (Å²) in [6, 6.07) is 10.2. The first kappa shape index (κ1) is 19.7. The zero-order valence-corrected chi connectivity index (χ0v) is 17.4. The number of aromatic nitrogens is 2. The van der Waals surface area contributed by atoms with E-state index in [1.54, 1.807) is 0 Å². The topological polar surface area (TPSA) is 35.5 Å². The van der Waals surface area contributed by atoms with E-state index >= 15 is 0 Å². The number of piperazine rings is 1. The zero-order chi connectivity index (χ0) is 19.2. The van der Waals surface area contributed by atoms with Crippen molar-refractivity contribution >= 4 is 29.1 Å². The van der Waals surface area contributed by atoms with Crippen molar-refractivity contribution in [1.82, 2.24) is 9.97 Å². The van der Waals surface area contributed by atoms with Gasteiger partial charge in [-0.15, -0.1) is 0 Å². The van der Waals surface area contributed by atoms with Crippen molar-refractivity contribution in [3.05, 3.63) is 41.0 Å². The largest absolute Gasteiger partial charge is 0.368 e. The molecule has 146 valence electrons. The standard InChI is InChI=1S/C21H30ClN5/c1-4-9-27(10-5-2)21-23-17(3)15-20(24-21)26-13-11-25(12-14-26)19-8-6-7-18(22)16-19/h6-8,15-16H,4-5,9-14H2,1-3H3. The van der Waals surface area contributed by atoms with Gasteiger partial charge in [0, 0.05) is 61.7 Å². The van der Waals surface area contributed by atoms with Crippen LogP contribution in [0.1, 0.15) is 32.4 Å². The SMILES string of the molecule is CCCN(CCC)c1nc(C)cc(N2CCN(c3cccc(Cl)c3)CC2)n1. The molecule has 0 spiro atoms. The van der Waals surface area contributed by atoms with E-state index in [1.807, 2.05) is 18.2 Å². The Morgan fingerprint density at radius 3 is 2.26 bits per heavy atom. The lowest BCUT2D eigenvalue weighted by atomic mass is 10.2. The first-order chi connectivity index (χ1) is 13.1. The van der Waals surface area contributed by atoms with E-state index in [0.717, 1.165) is 74.6 Å². The quantitative estimate of drug-likeness (QED) is 0.704. The van der Waals surface area contributed by atoms with Gasteiger partial charge in [-0.25, -0.2) is 4.98 Å². The molecule has 1 saturated heterocycles. The zero-order valence-electron chi connectivity index (χ0n) is 16.7. The van der Waals surface area contributed by atoms with E-state index in [-0.39, 0.29) is 0 Å². The number of halogens is 1. The molecule has 1 aliphatic rings. The molecule has 27 heavy (non-hydrogen) atoms. The molecule has 1 aromatic carbocycles. The summed E-state index contributed by atoms with van der Waals surface area (Å²) in [5.41, 5.74) is 2.23. The van der Waals surface area contributed by atoms with Crippen LogP contribution in [0.25, 0.3) is 0 Å². The maximum absolute atomic E-state index is 6.15. The molecule has 0 aliphatic carbocycles. The number of aryl methyl sites for hydroxylation is 1. The van der Waals surface area contributed by atoms with Crippen molar-refractivity contribution in [3.8, 4) is 0 Å². The number of rotatable bonds is 7. The van der Waals surface area contributed by atoms with E-state index in [4.69, 9.17) is 21.6 Å². The van der Waals surface area contributed by atoms with E-state index in [0.29, 0.717) is 0 Å². The molecule has 0 bridgehead atoms. The molecule has 1 aromatic heterocycles. The molecule has 0 N–H and O–H groups in total. The van der Waals surface area contributed by atoms with Crippen LogP contribution in [0.4, 0.5) is 17.5 Å². The monoisotopic (exact) mass is 387 g/mol. The second-order valence-electron chi connectivity index (χ2n) is 7.11. The maximum atomic E-state index is 6.15. The first-order valence-corrected chi connectivity index (χ1v) is 10.3. The highest BCUT2D eigenvalue weighted by Gasteiger charge is 2.20. The fourth-order valence-corrected chi connectivity index (χ4v) is 3.74. The lowest BCUT2D eigenvalue weighted by Gasteiger charge is -2.37. The van der Waals surface area contributed by atoms with Crippen molar-refractivity contribution in [1.29, 1.82) is 0 Å². The Balaban J connectivity index is 1.72. The van der Waals surface area contributed by atoms with Crippen LogP contribution in [0.3, 0.4) is 0 Å². The third-order valence-electron chi connectivity index (χ3n) is 4.88. The average molecular weight is 388 g/mol. The summed E-state index contributed by atoms with van der Waals surface area (Å²) in [6.07, 6.45) is 2.20. The van der Waals surface area contributed by atoms with Crippen LogP contribution in [-0.2, 0) is 0 Å². The second-order valence-corrected chi connectivity index (χ2v) is 7.54. The second kappa shape index (κ2) is 9.27. The predicted molar refractivity (Wildman–Crippen MR) is 115 cm³/mol. The molecule has 2 heterocycles. The fraction of sp³-hybridized carbons (Fsp3) is 0.524. The molecule has 1 aliphatic heterocycles. The lowest BCUT2D eigenvalue weighted by Crippen LogP contribution is -2.47. The summed E-state index contributed by atoms with van der Waals surface area (Å²) >= 11 is 6.15. The minimum atomic E-state index is 0.790. The van der Waals surface area contributed by atoms with Gasteiger partial charge in [-0.1, -0.05) is 31.5 Å². The Morgan fingerprint density at radius 2 is 1.63 bits per heavy atom. The Hall–Kier alpha value is -2.01. The molecule has 5 nitrogen and oxygen atoms in total. The molecule has 3 rings (SSSR count). The summed E-state index contributed by atoms with van der Waals surface area (Å²) in [5.74, 6) is 1.91. The third kappa shape index (κ3) is 5.04. The smallest absolute Gasteiger partial charge is 0.227 e. The van der Waals surface area contributed by atoms with E-state index in [2.05, 4.69) is 47.6 Å². The van der Waals surface area contributed by atoms with Crippen LogP contribution in [0.2, 0.25) is 5.02 Å². The number of nitrogens with zero attached hydrogens (tertiary/aromatic N) is 5. The van der Waals surface area contributed by atoms with E-state index in [9.17, 15) is 0 Å². The Kier molecular flexibility index (Phi) is 6.78. The van der Waals surface area contributed by atoms with Crippen molar-refractivity contribution in [2.75, 3.05) is 54.0 Å². The predicted octanol–water partition coefficient (Wildman–Crippen LogP) is 4.39. The van der Waals surface area contributed by atoms with Crippen molar-refractivity contribution < 1.29 is 0 Å². The van der Waals surface area contributed by atoms with Gasteiger partial charge in [0.15, 0.2) is 0 Å². The highest BCUT2D eigenvalue weighted by molar-refractivity contribution is 6.30. The van der Waals surface area contributed by atoms with Gasteiger partial charge in [-0.3, -0.25) is 0 Å². The minimum absolute atomic E-state index is 0.790. The fourth-order valence-electron chi connectivity index (χ4n) is 3.56. The highest BCUT2D eigenvalue weighted by atomic mass is 35.5. The first-order valence-electron chi connectivity index (χ1n) is 9.96. The van der Waals surface area contributed by atoms with Gasteiger partial charge in [-0.2, -0.15) is 4.98 Å². The van der Waals surface area contributed by atoms with Crippen LogP contribution in [0.5, 0.6) is 0 Å². The van der Waals surface area contributed by atoms with Crippen LogP contribution in [-0.4, -0.2) is 49.2 Å². The van der Waals surface area contributed by atoms with E-state index in [1.165, 1.54) is 5.69 Å². The maximum Gasteiger partial charge on any atom is 0.227 e. The van der Waals surface area contributed by atoms with Crippen LogP contribution in [0.15, 0.2) is 30.3 Å². The Morgan fingerprint density at radius 1 is 0.963 bits per heavy atom. The Bertz CT molecular complexity index is 737. The number of hydrogen-bond donors (Lipinski definition) is 0. The molecule has 0 radical (unpaired) electrons. The number of benzene rings is 1. The number of anilines is 3. The van der Waals surface area contributed by atoms with Crippen molar-refractivity contribution in [2.24, 2.45) is 0 Å². The summed E-state index contributed by atoms with van der Waals surface area (Å²) in [5, 5.41) is 0.790. The molecule has 0 saturated carbocycles. The highest BCUT2D eigenvalue weighted by Crippen LogP contribution is 2.23. The van der Waals surface area contributed by atoms with Gasteiger partial charge in [0.05, 0.1) is 0 Å². The molecular formula is C21H30ClN5. The lowest BCUT2D eigenvalue weighted by molar-refractivity contribution is 0.643. The third-order valence-corrected chi connectivity index (χ3v) is 5.11. The molecule has 1 fully saturated rings.